The third kappa shape index (κ3) is 5.21. The molecule has 174 valence electrons. The van der Waals surface area contributed by atoms with E-state index in [-0.39, 0.29) is 12.5 Å². The molecule has 0 spiro atoms. The molecule has 0 atom stereocenters. The van der Waals surface area contributed by atoms with Crippen molar-refractivity contribution in [3.05, 3.63) is 77.1 Å². The molecule has 1 aromatic heterocycles. The number of rotatable bonds is 7. The molecule has 3 aromatic carbocycles. The fraction of sp³-hybridized carbons (Fsp3) is 0.259. The molecule has 1 amide bonds. The molecule has 7 heteroatoms. The molecule has 5 rings (SSSR count). The quantitative estimate of drug-likeness (QED) is 0.390. The number of thiazole rings is 1. The standard InChI is InChI=1S/C27H27N3O3S/c1-32-23-9-7-21(8-10-23)25-19-34-26(28-25)17-29-12-14-30(15-13-29)27(31)18-33-24-11-6-20-4-2-3-5-22(20)16-24/h2-11,16,19H,12-15,17-18H2,1H3. The molecule has 0 bridgehead atoms. The molecule has 0 N–H and O–H groups in total. The van der Waals surface area contributed by atoms with Gasteiger partial charge in [-0.3, -0.25) is 9.69 Å². The third-order valence-electron chi connectivity index (χ3n) is 6.10. The van der Waals surface area contributed by atoms with Crippen molar-refractivity contribution in [1.29, 1.82) is 0 Å². The highest BCUT2D eigenvalue weighted by Gasteiger charge is 2.22. The number of methoxy groups -OCH3 is 1. The van der Waals surface area contributed by atoms with Crippen LogP contribution in [-0.4, -0.2) is 60.6 Å². The molecule has 4 aromatic rings. The number of carbonyl (C=O) groups excluding carboxylic acids is 1. The summed E-state index contributed by atoms with van der Waals surface area (Å²) in [5.74, 6) is 1.60. The summed E-state index contributed by atoms with van der Waals surface area (Å²) in [5.41, 5.74) is 2.08. The lowest BCUT2D eigenvalue weighted by Gasteiger charge is -2.34. The highest BCUT2D eigenvalue weighted by Crippen LogP contribution is 2.25. The Morgan fingerprint density at radius 1 is 0.941 bits per heavy atom. The lowest BCUT2D eigenvalue weighted by molar-refractivity contribution is -0.135. The van der Waals surface area contributed by atoms with Crippen molar-refractivity contribution in [3.63, 3.8) is 0 Å². The van der Waals surface area contributed by atoms with Crippen molar-refractivity contribution in [1.82, 2.24) is 14.8 Å². The zero-order valence-corrected chi connectivity index (χ0v) is 20.0. The summed E-state index contributed by atoms with van der Waals surface area (Å²) in [6.45, 7) is 3.94. The molecule has 0 aliphatic carbocycles. The van der Waals surface area contributed by atoms with Crippen molar-refractivity contribution in [2.75, 3.05) is 39.9 Å². The number of hydrogen-bond acceptors (Lipinski definition) is 6. The summed E-state index contributed by atoms with van der Waals surface area (Å²) >= 11 is 1.68. The van der Waals surface area contributed by atoms with Crippen LogP contribution in [0.3, 0.4) is 0 Å². The summed E-state index contributed by atoms with van der Waals surface area (Å²) in [4.78, 5) is 21.7. The zero-order valence-electron chi connectivity index (χ0n) is 19.1. The second-order valence-corrected chi connectivity index (χ2v) is 9.25. The summed E-state index contributed by atoms with van der Waals surface area (Å²) in [6, 6.07) is 22.0. The van der Waals surface area contributed by atoms with E-state index in [2.05, 4.69) is 16.3 Å². The smallest absolute Gasteiger partial charge is 0.260 e. The van der Waals surface area contributed by atoms with Crippen LogP contribution < -0.4 is 9.47 Å². The molecule has 0 unspecified atom stereocenters. The minimum absolute atomic E-state index is 0.0313. The number of fused-ring (bicyclic) bond motifs is 1. The van der Waals surface area contributed by atoms with Gasteiger partial charge in [-0.15, -0.1) is 11.3 Å². The molecular weight excluding hydrogens is 446 g/mol. The highest BCUT2D eigenvalue weighted by molar-refractivity contribution is 7.09. The van der Waals surface area contributed by atoms with Gasteiger partial charge in [0.05, 0.1) is 19.3 Å². The molecular formula is C27H27N3O3S. The van der Waals surface area contributed by atoms with E-state index in [0.29, 0.717) is 13.1 Å². The molecule has 1 aliphatic rings. The highest BCUT2D eigenvalue weighted by atomic mass is 32.1. The molecule has 1 aliphatic heterocycles. The molecule has 6 nitrogen and oxygen atoms in total. The van der Waals surface area contributed by atoms with Gasteiger partial charge in [0.25, 0.3) is 5.91 Å². The number of hydrogen-bond donors (Lipinski definition) is 0. The molecule has 0 radical (unpaired) electrons. The molecule has 34 heavy (non-hydrogen) atoms. The first-order valence-corrected chi connectivity index (χ1v) is 12.3. The first kappa shape index (κ1) is 22.4. The maximum absolute atomic E-state index is 12.7. The monoisotopic (exact) mass is 473 g/mol. The van der Waals surface area contributed by atoms with Crippen LogP contribution in [0.15, 0.2) is 72.1 Å². The molecule has 1 fully saturated rings. The maximum atomic E-state index is 12.7. The van der Waals surface area contributed by atoms with E-state index in [1.54, 1.807) is 18.4 Å². The Labute approximate surface area is 203 Å². The van der Waals surface area contributed by atoms with Crippen molar-refractivity contribution in [3.8, 4) is 22.8 Å². The normalized spacial score (nSPS) is 14.3. The van der Waals surface area contributed by atoms with Gasteiger partial charge < -0.3 is 14.4 Å². The average Bonchev–Trinajstić information content (AvgIpc) is 3.36. The number of aromatic nitrogens is 1. The third-order valence-corrected chi connectivity index (χ3v) is 6.94. The Hall–Kier alpha value is -3.42. The van der Waals surface area contributed by atoms with Crippen LogP contribution in [-0.2, 0) is 11.3 Å². The Morgan fingerprint density at radius 2 is 1.68 bits per heavy atom. The van der Waals surface area contributed by atoms with Crippen molar-refractivity contribution in [2.45, 2.75) is 6.54 Å². The van der Waals surface area contributed by atoms with Gasteiger partial charge in [0.2, 0.25) is 0 Å². The van der Waals surface area contributed by atoms with E-state index in [0.717, 1.165) is 58.2 Å². The Kier molecular flexibility index (Phi) is 6.74. The summed E-state index contributed by atoms with van der Waals surface area (Å²) < 4.78 is 11.0. The van der Waals surface area contributed by atoms with E-state index < -0.39 is 0 Å². The maximum Gasteiger partial charge on any atom is 0.260 e. The number of nitrogens with zero attached hydrogens (tertiary/aromatic N) is 3. The predicted octanol–water partition coefficient (Wildman–Crippen LogP) is 4.70. The average molecular weight is 474 g/mol. The number of ether oxygens (including phenoxy) is 2. The van der Waals surface area contributed by atoms with Crippen molar-refractivity contribution >= 4 is 28.0 Å². The van der Waals surface area contributed by atoms with Crippen LogP contribution in [0.25, 0.3) is 22.0 Å². The van der Waals surface area contributed by atoms with E-state index in [9.17, 15) is 4.79 Å². The topological polar surface area (TPSA) is 54.9 Å². The van der Waals surface area contributed by atoms with Gasteiger partial charge in [-0.1, -0.05) is 30.3 Å². The van der Waals surface area contributed by atoms with Crippen molar-refractivity contribution < 1.29 is 14.3 Å². The van der Waals surface area contributed by atoms with E-state index in [4.69, 9.17) is 14.5 Å². The first-order chi connectivity index (χ1) is 16.7. The first-order valence-electron chi connectivity index (χ1n) is 11.4. The number of benzene rings is 3. The van der Waals surface area contributed by atoms with Gasteiger partial charge in [0, 0.05) is 37.1 Å². The van der Waals surface area contributed by atoms with Gasteiger partial charge in [-0.25, -0.2) is 4.98 Å². The number of carbonyl (C=O) groups is 1. The largest absolute Gasteiger partial charge is 0.497 e. The number of piperazine rings is 1. The van der Waals surface area contributed by atoms with E-state index >= 15 is 0 Å². The van der Waals surface area contributed by atoms with Gasteiger partial charge in [-0.2, -0.15) is 0 Å². The van der Waals surface area contributed by atoms with Crippen LogP contribution in [0, 0.1) is 0 Å². The SMILES string of the molecule is COc1ccc(-c2csc(CN3CCN(C(=O)COc4ccc5ccccc5c4)CC3)n2)cc1. The van der Waals surface area contributed by atoms with Gasteiger partial charge in [-0.05, 0) is 47.2 Å². The fourth-order valence-corrected chi connectivity index (χ4v) is 4.96. The Balaban J connectivity index is 1.10. The lowest BCUT2D eigenvalue weighted by Crippen LogP contribution is -2.49. The predicted molar refractivity (Wildman–Crippen MR) is 135 cm³/mol. The van der Waals surface area contributed by atoms with Crippen LogP contribution in [0.2, 0.25) is 0 Å². The zero-order chi connectivity index (χ0) is 23.3. The van der Waals surface area contributed by atoms with Crippen LogP contribution in [0.5, 0.6) is 11.5 Å². The van der Waals surface area contributed by atoms with Crippen LogP contribution >= 0.6 is 11.3 Å². The molecule has 1 saturated heterocycles. The van der Waals surface area contributed by atoms with Gasteiger partial charge in [0.15, 0.2) is 6.61 Å². The van der Waals surface area contributed by atoms with Gasteiger partial charge >= 0.3 is 0 Å². The summed E-state index contributed by atoms with van der Waals surface area (Å²) in [5, 5.41) is 5.46. The van der Waals surface area contributed by atoms with E-state index in [1.807, 2.05) is 65.6 Å². The van der Waals surface area contributed by atoms with Crippen LogP contribution in [0.4, 0.5) is 0 Å². The molecule has 0 saturated carbocycles. The summed E-state index contributed by atoms with van der Waals surface area (Å²) in [7, 11) is 1.67. The summed E-state index contributed by atoms with van der Waals surface area (Å²) in [6.07, 6.45) is 0. The van der Waals surface area contributed by atoms with E-state index in [1.165, 1.54) is 0 Å². The Bertz CT molecular complexity index is 1260. The minimum Gasteiger partial charge on any atom is -0.497 e. The van der Waals surface area contributed by atoms with Crippen molar-refractivity contribution in [2.24, 2.45) is 0 Å². The second-order valence-electron chi connectivity index (χ2n) is 8.31. The van der Waals surface area contributed by atoms with Crippen LogP contribution in [0.1, 0.15) is 5.01 Å². The Morgan fingerprint density at radius 3 is 2.44 bits per heavy atom. The van der Waals surface area contributed by atoms with Gasteiger partial charge in [0.1, 0.15) is 16.5 Å². The number of amides is 1. The second kappa shape index (κ2) is 10.2. The fourth-order valence-electron chi connectivity index (χ4n) is 4.12. The molecule has 2 heterocycles. The lowest BCUT2D eigenvalue weighted by atomic mass is 10.1. The minimum atomic E-state index is 0.0313.